The van der Waals surface area contributed by atoms with Crippen LogP contribution in [0.1, 0.15) is 12.8 Å². The molecule has 0 radical (unpaired) electrons. The fourth-order valence-electron chi connectivity index (χ4n) is 2.10. The van der Waals surface area contributed by atoms with E-state index in [-0.39, 0.29) is 11.0 Å². The summed E-state index contributed by atoms with van der Waals surface area (Å²) in [5.74, 6) is 0.881. The standard InChI is InChI=1S/C9H12N6O2S/c16-18(17)3-1-2-7(18)4-11-8-5-10-6-9-12-13-14-15(8)9/h5-7,11H,1-4H2. The Balaban J connectivity index is 1.79. The second kappa shape index (κ2) is 4.16. The number of fused-ring (bicyclic) bond motifs is 1. The van der Waals surface area contributed by atoms with E-state index in [4.69, 9.17) is 0 Å². The van der Waals surface area contributed by atoms with Gasteiger partial charge in [-0.1, -0.05) is 0 Å². The van der Waals surface area contributed by atoms with Crippen molar-refractivity contribution in [1.82, 2.24) is 25.0 Å². The fourth-order valence-corrected chi connectivity index (χ4v) is 3.87. The minimum Gasteiger partial charge on any atom is -0.367 e. The number of aromatic nitrogens is 5. The van der Waals surface area contributed by atoms with Gasteiger partial charge in [-0.05, 0) is 23.3 Å². The maximum Gasteiger partial charge on any atom is 0.199 e. The lowest BCUT2D eigenvalue weighted by Gasteiger charge is -2.11. The minimum absolute atomic E-state index is 0.284. The van der Waals surface area contributed by atoms with Crippen molar-refractivity contribution < 1.29 is 8.42 Å². The molecule has 1 aliphatic rings. The first-order valence-electron chi connectivity index (χ1n) is 5.64. The van der Waals surface area contributed by atoms with Crippen molar-refractivity contribution in [2.24, 2.45) is 0 Å². The Morgan fingerprint density at radius 3 is 3.11 bits per heavy atom. The predicted molar refractivity (Wildman–Crippen MR) is 63.9 cm³/mol. The summed E-state index contributed by atoms with van der Waals surface area (Å²) in [6.07, 6.45) is 4.55. The highest BCUT2D eigenvalue weighted by molar-refractivity contribution is 7.92. The average Bonchev–Trinajstić information content (AvgIpc) is 2.92. The lowest BCUT2D eigenvalue weighted by Crippen LogP contribution is -2.25. The summed E-state index contributed by atoms with van der Waals surface area (Å²) in [4.78, 5) is 3.99. The van der Waals surface area contributed by atoms with Gasteiger partial charge in [-0.25, -0.2) is 8.42 Å². The van der Waals surface area contributed by atoms with Gasteiger partial charge in [0.05, 0.1) is 23.4 Å². The molecule has 8 nitrogen and oxygen atoms in total. The molecule has 1 unspecified atom stereocenters. The molecule has 0 aliphatic carbocycles. The lowest BCUT2D eigenvalue weighted by atomic mass is 10.2. The van der Waals surface area contributed by atoms with Crippen LogP contribution >= 0.6 is 0 Å². The first kappa shape index (κ1) is 11.3. The largest absolute Gasteiger partial charge is 0.367 e. The second-order valence-electron chi connectivity index (χ2n) is 4.25. The van der Waals surface area contributed by atoms with Gasteiger partial charge >= 0.3 is 0 Å². The molecular weight excluding hydrogens is 256 g/mol. The summed E-state index contributed by atoms with van der Waals surface area (Å²) < 4.78 is 24.9. The SMILES string of the molecule is O=S1(=O)CCCC1CNc1cncc2nnnn12. The molecule has 0 saturated carbocycles. The molecule has 0 amide bonds. The summed E-state index contributed by atoms with van der Waals surface area (Å²) in [6.45, 7) is 0.364. The van der Waals surface area contributed by atoms with Gasteiger partial charge in [0.1, 0.15) is 5.82 Å². The molecule has 2 aromatic rings. The zero-order valence-electron chi connectivity index (χ0n) is 9.52. The van der Waals surface area contributed by atoms with Gasteiger partial charge in [0.2, 0.25) is 0 Å². The van der Waals surface area contributed by atoms with Gasteiger partial charge in [0, 0.05) is 6.54 Å². The first-order valence-corrected chi connectivity index (χ1v) is 7.36. The number of nitrogens with zero attached hydrogens (tertiary/aromatic N) is 5. The highest BCUT2D eigenvalue weighted by atomic mass is 32.2. The third-order valence-electron chi connectivity index (χ3n) is 3.08. The molecule has 96 valence electrons. The maximum absolute atomic E-state index is 11.7. The summed E-state index contributed by atoms with van der Waals surface area (Å²) in [5.41, 5.74) is 0.522. The second-order valence-corrected chi connectivity index (χ2v) is 6.65. The van der Waals surface area contributed by atoms with E-state index < -0.39 is 9.84 Å². The van der Waals surface area contributed by atoms with E-state index in [1.165, 1.54) is 10.7 Å². The molecule has 1 N–H and O–H groups in total. The van der Waals surface area contributed by atoms with E-state index in [9.17, 15) is 8.42 Å². The van der Waals surface area contributed by atoms with E-state index >= 15 is 0 Å². The van der Waals surface area contributed by atoms with Gasteiger partial charge < -0.3 is 5.32 Å². The number of hydrogen-bond acceptors (Lipinski definition) is 7. The first-order chi connectivity index (χ1) is 8.67. The average molecular weight is 268 g/mol. The van der Waals surface area contributed by atoms with E-state index in [0.29, 0.717) is 24.4 Å². The van der Waals surface area contributed by atoms with Crippen LogP contribution in [-0.2, 0) is 9.84 Å². The van der Waals surface area contributed by atoms with Crippen LogP contribution in [0.25, 0.3) is 5.65 Å². The Hall–Kier alpha value is -1.77. The van der Waals surface area contributed by atoms with Crippen LogP contribution in [0.15, 0.2) is 12.4 Å². The van der Waals surface area contributed by atoms with Gasteiger partial charge in [-0.2, -0.15) is 4.52 Å². The monoisotopic (exact) mass is 268 g/mol. The lowest BCUT2D eigenvalue weighted by molar-refractivity contribution is 0.591. The van der Waals surface area contributed by atoms with E-state index in [2.05, 4.69) is 25.8 Å². The Bertz CT molecular complexity index is 667. The number of nitrogens with one attached hydrogen (secondary N) is 1. The third-order valence-corrected chi connectivity index (χ3v) is 5.36. The van der Waals surface area contributed by atoms with Crippen molar-refractivity contribution in [3.05, 3.63) is 12.4 Å². The number of sulfone groups is 1. The molecule has 9 heteroatoms. The van der Waals surface area contributed by atoms with Crippen LogP contribution in [0.4, 0.5) is 5.82 Å². The van der Waals surface area contributed by atoms with Crippen LogP contribution in [-0.4, -0.2) is 51.0 Å². The number of tetrazole rings is 1. The summed E-state index contributed by atoms with van der Waals surface area (Å²) in [7, 11) is -2.94. The highest BCUT2D eigenvalue weighted by Crippen LogP contribution is 2.20. The molecule has 18 heavy (non-hydrogen) atoms. The Morgan fingerprint density at radius 2 is 2.33 bits per heavy atom. The molecule has 1 fully saturated rings. The minimum atomic E-state index is -2.94. The topological polar surface area (TPSA) is 102 Å². The molecule has 1 saturated heterocycles. The van der Waals surface area contributed by atoms with Crippen molar-refractivity contribution >= 4 is 21.3 Å². The van der Waals surface area contributed by atoms with Crippen LogP contribution in [0.3, 0.4) is 0 Å². The van der Waals surface area contributed by atoms with Gasteiger partial charge in [-0.15, -0.1) is 5.10 Å². The molecule has 0 spiro atoms. The van der Waals surface area contributed by atoms with E-state index in [1.54, 1.807) is 6.20 Å². The van der Waals surface area contributed by atoms with E-state index in [1.807, 2.05) is 0 Å². The van der Waals surface area contributed by atoms with Crippen molar-refractivity contribution in [1.29, 1.82) is 0 Å². The van der Waals surface area contributed by atoms with Crippen LogP contribution in [0.5, 0.6) is 0 Å². The molecule has 3 rings (SSSR count). The zero-order valence-corrected chi connectivity index (χ0v) is 10.3. The van der Waals surface area contributed by atoms with Crippen LogP contribution in [0.2, 0.25) is 0 Å². The summed E-state index contributed by atoms with van der Waals surface area (Å²) in [5, 5.41) is 13.8. The van der Waals surface area contributed by atoms with Gasteiger partial charge in [0.25, 0.3) is 0 Å². The number of anilines is 1. The quantitative estimate of drug-likeness (QED) is 0.801. The molecule has 3 heterocycles. The predicted octanol–water partition coefficient (Wildman–Crippen LogP) is -0.492. The van der Waals surface area contributed by atoms with Gasteiger partial charge in [-0.3, -0.25) is 4.98 Å². The van der Waals surface area contributed by atoms with Gasteiger partial charge in [0.15, 0.2) is 15.5 Å². The molecule has 1 aliphatic heterocycles. The molecule has 0 bridgehead atoms. The number of rotatable bonds is 3. The summed E-state index contributed by atoms with van der Waals surface area (Å²) >= 11 is 0. The summed E-state index contributed by atoms with van der Waals surface area (Å²) in [6, 6.07) is 0. The normalized spacial score (nSPS) is 22.3. The highest BCUT2D eigenvalue weighted by Gasteiger charge is 2.30. The smallest absolute Gasteiger partial charge is 0.199 e. The Kier molecular flexibility index (Phi) is 2.62. The van der Waals surface area contributed by atoms with E-state index in [0.717, 1.165) is 6.42 Å². The van der Waals surface area contributed by atoms with Crippen LogP contribution < -0.4 is 5.32 Å². The number of hydrogen-bond donors (Lipinski definition) is 1. The fraction of sp³-hybridized carbons (Fsp3) is 0.556. The zero-order chi connectivity index (χ0) is 12.6. The van der Waals surface area contributed by atoms with Crippen LogP contribution in [0, 0.1) is 0 Å². The van der Waals surface area contributed by atoms with Crippen molar-refractivity contribution in [2.75, 3.05) is 17.6 Å². The third kappa shape index (κ3) is 1.90. The van der Waals surface area contributed by atoms with Crippen molar-refractivity contribution in [3.8, 4) is 0 Å². The Morgan fingerprint density at radius 1 is 1.44 bits per heavy atom. The van der Waals surface area contributed by atoms with Crippen molar-refractivity contribution in [3.63, 3.8) is 0 Å². The van der Waals surface area contributed by atoms with Crippen molar-refractivity contribution in [2.45, 2.75) is 18.1 Å². The molecule has 0 aromatic carbocycles. The maximum atomic E-state index is 11.7. The molecular formula is C9H12N6O2S. The molecule has 2 aromatic heterocycles. The molecule has 1 atom stereocenters. The Labute approximate surface area is 103 Å².